The maximum Gasteiger partial charge on any atom is 0.522 e. The summed E-state index contributed by atoms with van der Waals surface area (Å²) in [6.07, 6.45) is 1.57. The number of carbonyl (C=O) groups excluding carboxylic acids is 2. The lowest BCUT2D eigenvalue weighted by Gasteiger charge is -2.26. The Bertz CT molecular complexity index is 1360. The minimum absolute atomic E-state index is 0.102. The fourth-order valence-corrected chi connectivity index (χ4v) is 5.14. The minimum Gasteiger partial charge on any atom is -0.505 e. The molecular formula is C23H27F3N4O6S. The van der Waals surface area contributed by atoms with Gasteiger partial charge in [-0.2, -0.15) is 0 Å². The van der Waals surface area contributed by atoms with Gasteiger partial charge < -0.3 is 15.3 Å². The summed E-state index contributed by atoms with van der Waals surface area (Å²) < 4.78 is 43.3. The Hall–Kier alpha value is -3.39. The zero-order valence-corrected chi connectivity index (χ0v) is 21.1. The van der Waals surface area contributed by atoms with E-state index < -0.39 is 48.3 Å². The SMILES string of the molecule is C/C=C\C(=C/CC)CCn1c(=O)c2c(O)c(C(=O)N3CCNC(=O)C3)sc2n(CCOC(F)(F)F)c1=O. The molecule has 1 fully saturated rings. The molecule has 202 valence electrons. The van der Waals surface area contributed by atoms with E-state index in [0.717, 1.165) is 14.7 Å². The normalized spacial score (nSPS) is 15.1. The third-order valence-electron chi connectivity index (χ3n) is 5.60. The Kier molecular flexibility index (Phi) is 8.97. The highest BCUT2D eigenvalue weighted by molar-refractivity contribution is 7.21. The number of alkyl halides is 3. The summed E-state index contributed by atoms with van der Waals surface area (Å²) in [5.41, 5.74) is -0.914. The molecule has 0 saturated carbocycles. The van der Waals surface area contributed by atoms with Crippen molar-refractivity contribution in [3.8, 4) is 5.75 Å². The predicted molar refractivity (Wildman–Crippen MR) is 131 cm³/mol. The van der Waals surface area contributed by atoms with Gasteiger partial charge in [-0.15, -0.1) is 24.5 Å². The molecule has 10 nitrogen and oxygen atoms in total. The molecule has 0 radical (unpaired) electrons. The van der Waals surface area contributed by atoms with Crippen LogP contribution in [0.25, 0.3) is 10.2 Å². The van der Waals surface area contributed by atoms with Crippen LogP contribution in [0.1, 0.15) is 36.4 Å². The van der Waals surface area contributed by atoms with E-state index in [1.165, 1.54) is 4.90 Å². The monoisotopic (exact) mass is 544 g/mol. The molecule has 0 aliphatic carbocycles. The molecule has 2 aromatic rings. The molecule has 1 saturated heterocycles. The number of ether oxygens (including phenoxy) is 1. The average Bonchev–Trinajstić information content (AvgIpc) is 3.17. The van der Waals surface area contributed by atoms with Gasteiger partial charge in [-0.05, 0) is 19.8 Å². The molecule has 37 heavy (non-hydrogen) atoms. The van der Waals surface area contributed by atoms with Gasteiger partial charge >= 0.3 is 12.1 Å². The number of fused-ring (bicyclic) bond motifs is 1. The topological polar surface area (TPSA) is 123 Å². The Morgan fingerprint density at radius 3 is 2.57 bits per heavy atom. The first-order valence-corrected chi connectivity index (χ1v) is 12.4. The van der Waals surface area contributed by atoms with Gasteiger partial charge in [0.25, 0.3) is 11.5 Å². The van der Waals surface area contributed by atoms with Crippen LogP contribution in [0.4, 0.5) is 13.2 Å². The predicted octanol–water partition coefficient (Wildman–Crippen LogP) is 2.34. The van der Waals surface area contributed by atoms with Crippen molar-refractivity contribution in [2.45, 2.75) is 46.1 Å². The lowest BCUT2D eigenvalue weighted by atomic mass is 10.1. The zero-order chi connectivity index (χ0) is 27.3. The van der Waals surface area contributed by atoms with Gasteiger partial charge in [-0.25, -0.2) is 4.79 Å². The third-order valence-corrected chi connectivity index (χ3v) is 6.79. The number of hydrogen-bond donors (Lipinski definition) is 2. The van der Waals surface area contributed by atoms with Crippen molar-refractivity contribution >= 4 is 33.4 Å². The maximum atomic E-state index is 13.3. The number of nitrogens with one attached hydrogen (secondary N) is 1. The van der Waals surface area contributed by atoms with E-state index in [2.05, 4.69) is 10.1 Å². The highest BCUT2D eigenvalue weighted by Gasteiger charge is 2.31. The average molecular weight is 545 g/mol. The second-order valence-corrected chi connectivity index (χ2v) is 9.16. The van der Waals surface area contributed by atoms with E-state index in [-0.39, 0.29) is 47.7 Å². The second-order valence-electron chi connectivity index (χ2n) is 8.16. The molecule has 0 bridgehead atoms. The first-order chi connectivity index (χ1) is 17.5. The third kappa shape index (κ3) is 6.49. The molecule has 0 aromatic carbocycles. The van der Waals surface area contributed by atoms with Crippen molar-refractivity contribution in [1.29, 1.82) is 0 Å². The second kappa shape index (κ2) is 11.8. The molecule has 0 spiro atoms. The molecule has 1 aliphatic heterocycles. The van der Waals surface area contributed by atoms with E-state index in [9.17, 15) is 37.5 Å². The molecule has 3 rings (SSSR count). The number of allylic oxidation sites excluding steroid dienone is 4. The van der Waals surface area contributed by atoms with Crippen molar-refractivity contribution in [3.63, 3.8) is 0 Å². The van der Waals surface area contributed by atoms with Crippen molar-refractivity contribution < 1.29 is 32.6 Å². The standard InChI is InChI=1S/C23H27F3N4O6S/c1-3-5-14(6-4-2)7-9-29-19(33)16-17(32)18(20(34)28-10-8-27-15(31)13-28)37-21(16)30(22(29)35)11-12-36-23(24,25)26/h3,5-6,32H,4,7-13H2,1-2H3,(H,27,31)/b5-3-,14-6+. The van der Waals surface area contributed by atoms with E-state index in [0.29, 0.717) is 17.8 Å². The van der Waals surface area contributed by atoms with Crippen LogP contribution in [-0.4, -0.2) is 63.6 Å². The number of thiophene rings is 1. The van der Waals surface area contributed by atoms with Crippen LogP contribution in [0.15, 0.2) is 33.4 Å². The molecule has 2 N–H and O–H groups in total. The van der Waals surface area contributed by atoms with Crippen LogP contribution in [0.3, 0.4) is 0 Å². The first-order valence-electron chi connectivity index (χ1n) is 11.6. The van der Waals surface area contributed by atoms with E-state index in [1.54, 1.807) is 6.08 Å². The number of amides is 2. The van der Waals surface area contributed by atoms with Crippen molar-refractivity contribution in [1.82, 2.24) is 19.4 Å². The summed E-state index contributed by atoms with van der Waals surface area (Å²) in [5.74, 6) is -1.81. The summed E-state index contributed by atoms with van der Waals surface area (Å²) in [4.78, 5) is 52.0. The number of aromatic nitrogens is 2. The van der Waals surface area contributed by atoms with Gasteiger partial charge in [0.1, 0.15) is 15.1 Å². The van der Waals surface area contributed by atoms with Gasteiger partial charge in [-0.1, -0.05) is 30.7 Å². The Balaban J connectivity index is 2.12. The number of hydrogen-bond acceptors (Lipinski definition) is 7. The van der Waals surface area contributed by atoms with E-state index in [4.69, 9.17) is 0 Å². The van der Waals surface area contributed by atoms with Crippen molar-refractivity contribution in [2.75, 3.05) is 26.2 Å². The lowest BCUT2D eigenvalue weighted by Crippen LogP contribution is -2.49. The van der Waals surface area contributed by atoms with Gasteiger partial charge in [0.05, 0.1) is 19.7 Å². The quantitative estimate of drug-likeness (QED) is 0.468. The van der Waals surface area contributed by atoms with E-state index >= 15 is 0 Å². The van der Waals surface area contributed by atoms with Gasteiger partial charge in [0.2, 0.25) is 5.91 Å². The van der Waals surface area contributed by atoms with Crippen LogP contribution >= 0.6 is 11.3 Å². The number of carbonyl (C=O) groups is 2. The minimum atomic E-state index is -4.93. The number of halogens is 3. The summed E-state index contributed by atoms with van der Waals surface area (Å²) in [6, 6.07) is 0. The van der Waals surface area contributed by atoms with Crippen LogP contribution in [0.2, 0.25) is 0 Å². The number of nitrogens with zero attached hydrogens (tertiary/aromatic N) is 3. The molecule has 1 aliphatic rings. The Morgan fingerprint density at radius 1 is 1.22 bits per heavy atom. The molecule has 2 amide bonds. The lowest BCUT2D eigenvalue weighted by molar-refractivity contribution is -0.325. The van der Waals surface area contributed by atoms with Crippen LogP contribution in [-0.2, 0) is 22.6 Å². The summed E-state index contributed by atoms with van der Waals surface area (Å²) >= 11 is 0.606. The molecule has 3 heterocycles. The first kappa shape index (κ1) is 28.2. The molecule has 0 unspecified atom stereocenters. The van der Waals surface area contributed by atoms with Gasteiger partial charge in [-0.3, -0.25) is 28.3 Å². The number of rotatable bonds is 9. The molecule has 0 atom stereocenters. The van der Waals surface area contributed by atoms with Crippen molar-refractivity contribution in [3.05, 3.63) is 49.5 Å². The summed E-state index contributed by atoms with van der Waals surface area (Å²) in [6.45, 7) is 2.21. The summed E-state index contributed by atoms with van der Waals surface area (Å²) in [7, 11) is 0. The number of aromatic hydroxyl groups is 1. The summed E-state index contributed by atoms with van der Waals surface area (Å²) in [5, 5.41) is 13.1. The van der Waals surface area contributed by atoms with Crippen LogP contribution in [0.5, 0.6) is 5.75 Å². The largest absolute Gasteiger partial charge is 0.522 e. The van der Waals surface area contributed by atoms with Gasteiger partial charge in [0, 0.05) is 19.6 Å². The van der Waals surface area contributed by atoms with E-state index in [1.807, 2.05) is 26.0 Å². The molecule has 2 aromatic heterocycles. The fraction of sp³-hybridized carbons (Fsp3) is 0.478. The maximum absolute atomic E-state index is 13.3. The highest BCUT2D eigenvalue weighted by Crippen LogP contribution is 2.35. The van der Waals surface area contributed by atoms with Crippen LogP contribution in [0, 0.1) is 0 Å². The highest BCUT2D eigenvalue weighted by atomic mass is 32.1. The fourth-order valence-electron chi connectivity index (χ4n) is 3.97. The smallest absolute Gasteiger partial charge is 0.505 e. The van der Waals surface area contributed by atoms with Gasteiger partial charge in [0.15, 0.2) is 5.75 Å². The number of piperazine rings is 1. The zero-order valence-electron chi connectivity index (χ0n) is 20.3. The van der Waals surface area contributed by atoms with Crippen molar-refractivity contribution in [2.24, 2.45) is 0 Å². The Morgan fingerprint density at radius 2 is 1.95 bits per heavy atom. The molecule has 14 heteroatoms. The Labute approximate surface area is 213 Å². The molecular weight excluding hydrogens is 517 g/mol. The van der Waals surface area contributed by atoms with Crippen LogP contribution < -0.4 is 16.6 Å².